The Labute approximate surface area is 182 Å². The summed E-state index contributed by atoms with van der Waals surface area (Å²) in [6, 6.07) is 14.5. The van der Waals surface area contributed by atoms with E-state index < -0.39 is 21.7 Å². The average Bonchev–Trinajstić information content (AvgIpc) is 2.76. The molecule has 0 unspecified atom stereocenters. The van der Waals surface area contributed by atoms with Crippen LogP contribution in [0.5, 0.6) is 0 Å². The number of carbonyl (C=O) groups excluding carboxylic acids is 2. The second-order valence-electron chi connectivity index (χ2n) is 6.94. The molecule has 0 aliphatic heterocycles. The molecule has 0 aliphatic carbocycles. The fourth-order valence-electron chi connectivity index (χ4n) is 3.08. The fraction of sp³-hybridized carbons (Fsp3) is 0.0909. The first kappa shape index (κ1) is 22.1. The molecule has 0 radical (unpaired) electrons. The van der Waals surface area contributed by atoms with Crippen LogP contribution in [0.2, 0.25) is 0 Å². The van der Waals surface area contributed by atoms with Gasteiger partial charge in [0.05, 0.1) is 9.85 Å². The van der Waals surface area contributed by atoms with Crippen molar-refractivity contribution < 1.29 is 19.4 Å². The Morgan fingerprint density at radius 3 is 1.31 bits per heavy atom. The summed E-state index contributed by atoms with van der Waals surface area (Å²) in [7, 11) is 0. The first-order chi connectivity index (χ1) is 15.2. The van der Waals surface area contributed by atoms with Gasteiger partial charge in [-0.3, -0.25) is 29.8 Å². The number of rotatable bonds is 6. The first-order valence-corrected chi connectivity index (χ1v) is 9.40. The Morgan fingerprint density at radius 1 is 0.656 bits per heavy atom. The van der Waals surface area contributed by atoms with Crippen LogP contribution in [-0.2, 0) is 0 Å². The van der Waals surface area contributed by atoms with Gasteiger partial charge in [-0.2, -0.15) is 0 Å². The van der Waals surface area contributed by atoms with Crippen LogP contribution in [0.4, 0.5) is 22.7 Å². The lowest BCUT2D eigenvalue weighted by molar-refractivity contribution is -0.384. The predicted molar refractivity (Wildman–Crippen MR) is 118 cm³/mol. The minimum Gasteiger partial charge on any atom is -0.316 e. The quantitative estimate of drug-likeness (QED) is 0.428. The Bertz CT molecular complexity index is 1140. The summed E-state index contributed by atoms with van der Waals surface area (Å²) < 4.78 is 0. The summed E-state index contributed by atoms with van der Waals surface area (Å²) in [5.74, 6) is -1.16. The predicted octanol–water partition coefficient (Wildman–Crippen LogP) is 4.62. The average molecular weight is 434 g/mol. The highest BCUT2D eigenvalue weighted by atomic mass is 16.6. The van der Waals surface area contributed by atoms with Gasteiger partial charge in [-0.1, -0.05) is 24.3 Å². The van der Waals surface area contributed by atoms with Crippen molar-refractivity contribution in [3.8, 4) is 0 Å². The molecule has 0 fully saturated rings. The Morgan fingerprint density at radius 2 is 1.00 bits per heavy atom. The van der Waals surface area contributed by atoms with E-state index in [1.54, 1.807) is 26.0 Å². The van der Waals surface area contributed by atoms with Crippen molar-refractivity contribution in [2.75, 3.05) is 10.6 Å². The van der Waals surface area contributed by atoms with Crippen LogP contribution in [0, 0.1) is 34.1 Å². The van der Waals surface area contributed by atoms with Gasteiger partial charge in [-0.05, 0) is 49.2 Å². The molecule has 3 aromatic carbocycles. The third kappa shape index (κ3) is 4.59. The molecule has 2 amide bonds. The largest absolute Gasteiger partial charge is 0.316 e. The van der Waals surface area contributed by atoms with Gasteiger partial charge in [0.2, 0.25) is 0 Å². The highest BCUT2D eigenvalue weighted by Gasteiger charge is 2.20. The second kappa shape index (κ2) is 9.04. The van der Waals surface area contributed by atoms with Crippen molar-refractivity contribution in [2.45, 2.75) is 13.8 Å². The number of nitro benzene ring substituents is 2. The lowest BCUT2D eigenvalue weighted by Gasteiger charge is -2.10. The number of benzene rings is 3. The van der Waals surface area contributed by atoms with Gasteiger partial charge >= 0.3 is 0 Å². The maximum atomic E-state index is 12.6. The van der Waals surface area contributed by atoms with Crippen LogP contribution in [0.1, 0.15) is 31.8 Å². The van der Waals surface area contributed by atoms with Gasteiger partial charge < -0.3 is 10.6 Å². The number of hydrogen-bond acceptors (Lipinski definition) is 6. The van der Waals surface area contributed by atoms with E-state index in [1.165, 1.54) is 48.5 Å². The summed E-state index contributed by atoms with van der Waals surface area (Å²) in [5.41, 5.74) is 1.16. The van der Waals surface area contributed by atoms with E-state index in [1.807, 2.05) is 0 Å². The summed E-state index contributed by atoms with van der Waals surface area (Å²) >= 11 is 0. The molecule has 10 heteroatoms. The number of para-hydroxylation sites is 2. The van der Waals surface area contributed by atoms with E-state index in [0.29, 0.717) is 11.1 Å². The molecule has 162 valence electrons. The third-order valence-electron chi connectivity index (χ3n) is 4.78. The summed E-state index contributed by atoms with van der Waals surface area (Å²) in [6.45, 7) is 3.28. The van der Waals surface area contributed by atoms with Gasteiger partial charge in [0, 0.05) is 23.3 Å². The standard InChI is InChI=1S/C22H18N4O6/c1-13-5-3-7-17(25(29)30)19(13)23-21(27)15-9-11-16(12-10-15)22(28)24-20-14(2)6-4-8-18(20)26(31)32/h3-12H,1-2H3,(H,23,27)(H,24,28). The van der Waals surface area contributed by atoms with Crippen LogP contribution in [0.3, 0.4) is 0 Å². The molecular formula is C22H18N4O6. The molecule has 3 aromatic rings. The van der Waals surface area contributed by atoms with E-state index in [9.17, 15) is 29.8 Å². The van der Waals surface area contributed by atoms with Crippen LogP contribution >= 0.6 is 0 Å². The van der Waals surface area contributed by atoms with Crippen LogP contribution in [0.25, 0.3) is 0 Å². The molecular weight excluding hydrogens is 416 g/mol. The Kier molecular flexibility index (Phi) is 6.24. The highest BCUT2D eigenvalue weighted by molar-refractivity contribution is 6.08. The zero-order valence-corrected chi connectivity index (χ0v) is 17.1. The lowest BCUT2D eigenvalue weighted by atomic mass is 10.1. The maximum absolute atomic E-state index is 12.6. The van der Waals surface area contributed by atoms with Crippen molar-refractivity contribution >= 4 is 34.6 Å². The summed E-state index contributed by atoms with van der Waals surface area (Å²) in [5, 5.41) is 27.5. The topological polar surface area (TPSA) is 144 Å². The number of carbonyl (C=O) groups is 2. The van der Waals surface area contributed by atoms with E-state index in [0.717, 1.165) is 0 Å². The number of aryl methyl sites for hydroxylation is 2. The van der Waals surface area contributed by atoms with Crippen molar-refractivity contribution in [2.24, 2.45) is 0 Å². The highest BCUT2D eigenvalue weighted by Crippen LogP contribution is 2.29. The van der Waals surface area contributed by atoms with E-state index >= 15 is 0 Å². The number of nitro groups is 2. The summed E-state index contributed by atoms with van der Waals surface area (Å²) in [6.07, 6.45) is 0. The molecule has 0 heterocycles. The van der Waals surface area contributed by atoms with Crippen molar-refractivity contribution in [1.29, 1.82) is 0 Å². The molecule has 0 bridgehead atoms. The maximum Gasteiger partial charge on any atom is 0.293 e. The van der Waals surface area contributed by atoms with Gasteiger partial charge in [-0.25, -0.2) is 0 Å². The molecule has 0 aliphatic rings. The molecule has 0 saturated carbocycles. The lowest BCUT2D eigenvalue weighted by Crippen LogP contribution is -2.16. The SMILES string of the molecule is Cc1cccc([N+](=O)[O-])c1NC(=O)c1ccc(C(=O)Nc2c(C)cccc2[N+](=O)[O-])cc1. The van der Waals surface area contributed by atoms with Gasteiger partial charge in [0.1, 0.15) is 11.4 Å². The smallest absolute Gasteiger partial charge is 0.293 e. The number of amides is 2. The minimum atomic E-state index is -0.583. The zero-order chi connectivity index (χ0) is 23.4. The minimum absolute atomic E-state index is 0.0937. The monoisotopic (exact) mass is 434 g/mol. The van der Waals surface area contributed by atoms with Crippen LogP contribution < -0.4 is 10.6 Å². The van der Waals surface area contributed by atoms with Crippen LogP contribution in [0.15, 0.2) is 60.7 Å². The van der Waals surface area contributed by atoms with Crippen molar-refractivity contribution in [3.63, 3.8) is 0 Å². The van der Waals surface area contributed by atoms with E-state index in [4.69, 9.17) is 0 Å². The molecule has 0 saturated heterocycles. The fourth-order valence-corrected chi connectivity index (χ4v) is 3.08. The van der Waals surface area contributed by atoms with Crippen molar-refractivity contribution in [1.82, 2.24) is 0 Å². The van der Waals surface area contributed by atoms with Crippen molar-refractivity contribution in [3.05, 3.63) is 103 Å². The zero-order valence-electron chi connectivity index (χ0n) is 17.1. The first-order valence-electron chi connectivity index (χ1n) is 9.40. The van der Waals surface area contributed by atoms with Gasteiger partial charge in [0.25, 0.3) is 23.2 Å². The molecule has 32 heavy (non-hydrogen) atoms. The number of nitrogens with one attached hydrogen (secondary N) is 2. The Balaban J connectivity index is 1.79. The molecule has 10 nitrogen and oxygen atoms in total. The molecule has 0 atom stereocenters. The number of hydrogen-bond donors (Lipinski definition) is 2. The third-order valence-corrected chi connectivity index (χ3v) is 4.78. The van der Waals surface area contributed by atoms with E-state index in [2.05, 4.69) is 10.6 Å². The molecule has 2 N–H and O–H groups in total. The normalized spacial score (nSPS) is 10.3. The number of anilines is 2. The molecule has 3 rings (SSSR count). The van der Waals surface area contributed by atoms with E-state index in [-0.39, 0.29) is 33.9 Å². The second-order valence-corrected chi connectivity index (χ2v) is 6.94. The molecule has 0 aromatic heterocycles. The van der Waals surface area contributed by atoms with Gasteiger partial charge in [-0.15, -0.1) is 0 Å². The van der Waals surface area contributed by atoms with Crippen LogP contribution in [-0.4, -0.2) is 21.7 Å². The van der Waals surface area contributed by atoms with Gasteiger partial charge in [0.15, 0.2) is 0 Å². The molecule has 0 spiro atoms. The Hall–Kier alpha value is -4.60. The summed E-state index contributed by atoms with van der Waals surface area (Å²) in [4.78, 5) is 46.4. The number of nitrogens with zero attached hydrogens (tertiary/aromatic N) is 2.